The quantitative estimate of drug-likeness (QED) is 0.674. The van der Waals surface area contributed by atoms with Gasteiger partial charge in [-0.25, -0.2) is 4.79 Å². The molecular formula is C23H37N3O3. The molecule has 1 aromatic carbocycles. The van der Waals surface area contributed by atoms with E-state index in [1.54, 1.807) is 20.8 Å². The Kier molecular flexibility index (Phi) is 7.78. The van der Waals surface area contributed by atoms with Crippen LogP contribution in [0.3, 0.4) is 0 Å². The summed E-state index contributed by atoms with van der Waals surface area (Å²) >= 11 is 0. The van der Waals surface area contributed by atoms with E-state index in [2.05, 4.69) is 27.2 Å². The Hall–Kier alpha value is -1.79. The lowest BCUT2D eigenvalue weighted by molar-refractivity contribution is -0.158. The number of nitrogens with one attached hydrogen (secondary N) is 1. The van der Waals surface area contributed by atoms with Gasteiger partial charge in [-0.1, -0.05) is 0 Å². The van der Waals surface area contributed by atoms with E-state index in [4.69, 9.17) is 9.47 Å². The molecule has 0 bridgehead atoms. The van der Waals surface area contributed by atoms with Crippen molar-refractivity contribution in [1.29, 1.82) is 0 Å². The second-order valence-corrected chi connectivity index (χ2v) is 8.64. The summed E-state index contributed by atoms with van der Waals surface area (Å²) < 4.78 is 10.9. The van der Waals surface area contributed by atoms with E-state index in [1.165, 1.54) is 44.6 Å². The summed E-state index contributed by atoms with van der Waals surface area (Å²) in [5.41, 5.74) is 0.224. The zero-order valence-electron chi connectivity index (χ0n) is 18.3. The van der Waals surface area contributed by atoms with Gasteiger partial charge in [0.15, 0.2) is 5.60 Å². The van der Waals surface area contributed by atoms with Gasteiger partial charge in [0.2, 0.25) is 0 Å². The molecule has 2 heterocycles. The molecule has 162 valence electrons. The number of nitrogens with zero attached hydrogens (tertiary/aromatic N) is 2. The van der Waals surface area contributed by atoms with E-state index in [0.29, 0.717) is 12.4 Å². The molecule has 0 aliphatic carbocycles. The van der Waals surface area contributed by atoms with Crippen LogP contribution in [0.5, 0.6) is 5.75 Å². The van der Waals surface area contributed by atoms with E-state index < -0.39 is 5.60 Å². The molecule has 0 amide bonds. The number of rotatable bonds is 8. The number of carbonyl (C=O) groups is 1. The van der Waals surface area contributed by atoms with E-state index in [0.717, 1.165) is 32.1 Å². The van der Waals surface area contributed by atoms with Gasteiger partial charge in [-0.3, -0.25) is 4.90 Å². The third kappa shape index (κ3) is 6.34. The molecule has 0 unspecified atom stereocenters. The maximum absolute atomic E-state index is 12.0. The zero-order valence-corrected chi connectivity index (χ0v) is 18.3. The van der Waals surface area contributed by atoms with Gasteiger partial charge in [-0.05, 0) is 89.9 Å². The van der Waals surface area contributed by atoms with Crippen LogP contribution in [0.2, 0.25) is 0 Å². The summed E-state index contributed by atoms with van der Waals surface area (Å²) in [7, 11) is 0. The average molecular weight is 404 g/mol. The number of anilines is 1. The highest BCUT2D eigenvalue weighted by Gasteiger charge is 2.31. The number of ether oxygens (including phenoxy) is 2. The minimum Gasteiger partial charge on any atom is -0.476 e. The molecule has 1 N–H and O–H groups in total. The Morgan fingerprint density at radius 3 is 2.38 bits per heavy atom. The topological polar surface area (TPSA) is 54.0 Å². The van der Waals surface area contributed by atoms with Crippen LogP contribution in [0.4, 0.5) is 5.69 Å². The Morgan fingerprint density at radius 1 is 1.10 bits per heavy atom. The minimum absolute atomic E-state index is 0.343. The molecule has 2 saturated heterocycles. The van der Waals surface area contributed by atoms with Crippen molar-refractivity contribution in [1.82, 2.24) is 10.2 Å². The Balaban J connectivity index is 1.44. The van der Waals surface area contributed by atoms with Gasteiger partial charge >= 0.3 is 5.97 Å². The van der Waals surface area contributed by atoms with E-state index in [1.807, 2.05) is 12.1 Å². The molecule has 2 fully saturated rings. The highest BCUT2D eigenvalue weighted by atomic mass is 16.6. The third-order valence-corrected chi connectivity index (χ3v) is 6.03. The Morgan fingerprint density at radius 2 is 1.76 bits per heavy atom. The van der Waals surface area contributed by atoms with Gasteiger partial charge in [0.1, 0.15) is 5.75 Å². The summed E-state index contributed by atoms with van der Waals surface area (Å²) in [6.07, 6.45) is 4.01. The van der Waals surface area contributed by atoms with Crippen LogP contribution >= 0.6 is 0 Å². The van der Waals surface area contributed by atoms with Crippen LogP contribution in [0.25, 0.3) is 0 Å². The summed E-state index contributed by atoms with van der Waals surface area (Å²) in [6.45, 7) is 13.6. The maximum Gasteiger partial charge on any atom is 0.349 e. The SMILES string of the molecule is CCOC(=O)C(C)(C)Oc1ccc(N2CCN(CCC3CCNCC3)CC2)cc1. The largest absolute Gasteiger partial charge is 0.476 e. The van der Waals surface area contributed by atoms with E-state index >= 15 is 0 Å². The number of carbonyl (C=O) groups excluding carboxylic acids is 1. The number of piperidine rings is 1. The molecule has 2 aliphatic rings. The fourth-order valence-corrected chi connectivity index (χ4v) is 4.13. The van der Waals surface area contributed by atoms with Crippen molar-refractivity contribution in [3.05, 3.63) is 24.3 Å². The Labute approximate surface area is 175 Å². The molecule has 3 rings (SSSR count). The van der Waals surface area contributed by atoms with Crippen molar-refractivity contribution in [2.24, 2.45) is 5.92 Å². The lowest BCUT2D eigenvalue weighted by atomic mass is 9.94. The van der Waals surface area contributed by atoms with Crippen LogP contribution < -0.4 is 15.0 Å². The number of esters is 1. The molecule has 0 atom stereocenters. The molecule has 1 aromatic rings. The van der Waals surface area contributed by atoms with Crippen molar-refractivity contribution in [3.8, 4) is 5.75 Å². The lowest BCUT2D eigenvalue weighted by Crippen LogP contribution is -2.47. The first-order chi connectivity index (χ1) is 14.0. The van der Waals surface area contributed by atoms with Crippen LogP contribution in [-0.2, 0) is 9.53 Å². The van der Waals surface area contributed by atoms with Crippen molar-refractivity contribution in [2.75, 3.05) is 57.3 Å². The normalized spacial score (nSPS) is 19.2. The van der Waals surface area contributed by atoms with E-state index in [9.17, 15) is 4.79 Å². The van der Waals surface area contributed by atoms with Crippen LogP contribution in [0, 0.1) is 5.92 Å². The van der Waals surface area contributed by atoms with Crippen LogP contribution in [-0.4, -0.2) is 68.9 Å². The van der Waals surface area contributed by atoms with Gasteiger partial charge < -0.3 is 19.7 Å². The number of piperazine rings is 1. The van der Waals surface area contributed by atoms with E-state index in [-0.39, 0.29) is 5.97 Å². The summed E-state index contributed by atoms with van der Waals surface area (Å²) in [4.78, 5) is 17.0. The van der Waals surface area contributed by atoms with Gasteiger partial charge in [0, 0.05) is 31.9 Å². The lowest BCUT2D eigenvalue weighted by Gasteiger charge is -2.37. The average Bonchev–Trinajstić information content (AvgIpc) is 2.74. The second kappa shape index (κ2) is 10.3. The van der Waals surface area contributed by atoms with Crippen molar-refractivity contribution in [2.45, 2.75) is 45.6 Å². The van der Waals surface area contributed by atoms with Crippen molar-refractivity contribution < 1.29 is 14.3 Å². The molecule has 0 saturated carbocycles. The highest BCUT2D eigenvalue weighted by Crippen LogP contribution is 2.25. The molecule has 6 nitrogen and oxygen atoms in total. The monoisotopic (exact) mass is 403 g/mol. The fourth-order valence-electron chi connectivity index (χ4n) is 4.13. The zero-order chi connectivity index (χ0) is 20.7. The first-order valence-electron chi connectivity index (χ1n) is 11.1. The van der Waals surface area contributed by atoms with Gasteiger partial charge in [0.25, 0.3) is 0 Å². The van der Waals surface area contributed by atoms with Gasteiger partial charge in [-0.15, -0.1) is 0 Å². The molecule has 0 aromatic heterocycles. The van der Waals surface area contributed by atoms with Crippen molar-refractivity contribution >= 4 is 11.7 Å². The highest BCUT2D eigenvalue weighted by molar-refractivity contribution is 5.79. The molecule has 29 heavy (non-hydrogen) atoms. The summed E-state index contributed by atoms with van der Waals surface area (Å²) in [5.74, 6) is 1.25. The first kappa shape index (κ1) is 21.9. The molecule has 2 aliphatic heterocycles. The molecular weight excluding hydrogens is 366 g/mol. The van der Waals surface area contributed by atoms with Crippen LogP contribution in [0.15, 0.2) is 24.3 Å². The second-order valence-electron chi connectivity index (χ2n) is 8.64. The molecule has 0 radical (unpaired) electrons. The number of hydrogen-bond donors (Lipinski definition) is 1. The Bertz CT molecular complexity index is 633. The minimum atomic E-state index is -0.989. The predicted octanol–water partition coefficient (Wildman–Crippen LogP) is 2.92. The summed E-state index contributed by atoms with van der Waals surface area (Å²) in [5, 5.41) is 3.45. The van der Waals surface area contributed by atoms with Gasteiger partial charge in [-0.2, -0.15) is 0 Å². The smallest absolute Gasteiger partial charge is 0.349 e. The first-order valence-corrected chi connectivity index (χ1v) is 11.1. The molecule has 0 spiro atoms. The summed E-state index contributed by atoms with van der Waals surface area (Å²) in [6, 6.07) is 8.06. The fraction of sp³-hybridized carbons (Fsp3) is 0.696. The van der Waals surface area contributed by atoms with Gasteiger partial charge in [0.05, 0.1) is 6.61 Å². The standard InChI is InChI=1S/C23H37N3O3/c1-4-28-22(27)23(2,3)29-21-7-5-20(6-8-21)26-17-15-25(16-18-26)14-11-19-9-12-24-13-10-19/h5-8,19,24H,4,9-18H2,1-3H3. The molecule has 6 heteroatoms. The third-order valence-electron chi connectivity index (χ3n) is 6.03. The van der Waals surface area contributed by atoms with Crippen LogP contribution in [0.1, 0.15) is 40.0 Å². The predicted molar refractivity (Wildman–Crippen MR) is 117 cm³/mol. The maximum atomic E-state index is 12.0. The van der Waals surface area contributed by atoms with Crippen molar-refractivity contribution in [3.63, 3.8) is 0 Å². The number of hydrogen-bond acceptors (Lipinski definition) is 6. The number of benzene rings is 1.